The monoisotopic (exact) mass is 738 g/mol. The van der Waals surface area contributed by atoms with Gasteiger partial charge in [-0.1, -0.05) is 182 Å². The highest BCUT2D eigenvalue weighted by atomic mass is 15.1. The van der Waals surface area contributed by atoms with Crippen molar-refractivity contribution in [2.75, 3.05) is 4.90 Å². The number of nitrogens with zero attached hydrogens (tertiary/aromatic N) is 2. The van der Waals surface area contributed by atoms with Crippen molar-refractivity contribution >= 4 is 60.4 Å². The Hall–Kier alpha value is -7.68. The molecule has 11 rings (SSSR count). The van der Waals surface area contributed by atoms with Crippen LogP contribution in [0.3, 0.4) is 0 Å². The maximum Gasteiger partial charge on any atom is 0.0541 e. The standard InChI is InChI=1S/C56H38N2/c1-2-16-41(17-3-1)46-23-8-11-29-53(46)57(56-37-36-49(48-24-6-7-25-50(48)56)47-28-15-19-40-18-4-5-22-45(40)47)43-34-32-39(33-35-43)42-20-14-21-44(38-42)58-54-30-12-9-26-51(54)52-27-10-13-31-55(52)58/h1-38H. The molecule has 0 amide bonds. The van der Waals surface area contributed by atoms with Crippen molar-refractivity contribution in [3.63, 3.8) is 0 Å². The van der Waals surface area contributed by atoms with Gasteiger partial charge in [0, 0.05) is 33.1 Å². The summed E-state index contributed by atoms with van der Waals surface area (Å²) in [5.41, 5.74) is 14.1. The first kappa shape index (κ1) is 33.6. The predicted octanol–water partition coefficient (Wildman–Crippen LogP) is 15.6. The van der Waals surface area contributed by atoms with E-state index in [0.29, 0.717) is 0 Å². The molecule has 0 aliphatic carbocycles. The van der Waals surface area contributed by atoms with Gasteiger partial charge in [-0.3, -0.25) is 0 Å². The molecule has 0 radical (unpaired) electrons. The first-order valence-corrected chi connectivity index (χ1v) is 19.9. The van der Waals surface area contributed by atoms with E-state index in [0.717, 1.165) is 22.7 Å². The third kappa shape index (κ3) is 5.66. The third-order valence-corrected chi connectivity index (χ3v) is 11.6. The summed E-state index contributed by atoms with van der Waals surface area (Å²) in [6.07, 6.45) is 0. The lowest BCUT2D eigenvalue weighted by Crippen LogP contribution is -2.12. The Morgan fingerprint density at radius 1 is 0.293 bits per heavy atom. The Bertz CT molecular complexity index is 3220. The molecule has 10 aromatic carbocycles. The van der Waals surface area contributed by atoms with E-state index in [-0.39, 0.29) is 0 Å². The quantitative estimate of drug-likeness (QED) is 0.158. The van der Waals surface area contributed by atoms with E-state index < -0.39 is 0 Å². The molecule has 0 unspecified atom stereocenters. The van der Waals surface area contributed by atoms with E-state index in [1.165, 1.54) is 76.7 Å². The molecule has 0 bridgehead atoms. The van der Waals surface area contributed by atoms with Gasteiger partial charge in [-0.2, -0.15) is 0 Å². The number of fused-ring (bicyclic) bond motifs is 5. The van der Waals surface area contributed by atoms with Crippen LogP contribution in [0.25, 0.3) is 82.4 Å². The first-order chi connectivity index (χ1) is 28.8. The van der Waals surface area contributed by atoms with Crippen molar-refractivity contribution < 1.29 is 0 Å². The first-order valence-electron chi connectivity index (χ1n) is 19.9. The summed E-state index contributed by atoms with van der Waals surface area (Å²) in [5.74, 6) is 0. The summed E-state index contributed by atoms with van der Waals surface area (Å²) in [5, 5.41) is 7.44. The Morgan fingerprint density at radius 2 is 0.845 bits per heavy atom. The van der Waals surface area contributed by atoms with Gasteiger partial charge in [0.25, 0.3) is 0 Å². The maximum atomic E-state index is 2.44. The van der Waals surface area contributed by atoms with Gasteiger partial charge in [0.2, 0.25) is 0 Å². The van der Waals surface area contributed by atoms with Crippen LogP contribution in [0.15, 0.2) is 231 Å². The fourth-order valence-corrected chi connectivity index (χ4v) is 8.94. The lowest BCUT2D eigenvalue weighted by Gasteiger charge is -2.29. The van der Waals surface area contributed by atoms with Crippen LogP contribution < -0.4 is 4.90 Å². The highest BCUT2D eigenvalue weighted by Crippen LogP contribution is 2.46. The van der Waals surface area contributed by atoms with Gasteiger partial charge in [-0.25, -0.2) is 0 Å². The number of hydrogen-bond acceptors (Lipinski definition) is 1. The van der Waals surface area contributed by atoms with Crippen molar-refractivity contribution in [3.05, 3.63) is 231 Å². The molecule has 0 aliphatic heterocycles. The van der Waals surface area contributed by atoms with Gasteiger partial charge in [-0.15, -0.1) is 0 Å². The molecule has 0 N–H and O–H groups in total. The molecule has 58 heavy (non-hydrogen) atoms. The van der Waals surface area contributed by atoms with E-state index in [1.807, 2.05) is 0 Å². The summed E-state index contributed by atoms with van der Waals surface area (Å²) in [4.78, 5) is 2.44. The van der Waals surface area contributed by atoms with Gasteiger partial charge in [0.05, 0.1) is 22.4 Å². The van der Waals surface area contributed by atoms with E-state index in [4.69, 9.17) is 0 Å². The van der Waals surface area contributed by atoms with Crippen LogP contribution in [-0.2, 0) is 0 Å². The Balaban J connectivity index is 1.07. The molecule has 0 fully saturated rings. The number of benzene rings is 10. The zero-order valence-corrected chi connectivity index (χ0v) is 31.8. The van der Waals surface area contributed by atoms with Crippen LogP contribution in [0, 0.1) is 0 Å². The molecule has 0 aliphatic rings. The number of aromatic nitrogens is 1. The molecule has 11 aromatic rings. The van der Waals surface area contributed by atoms with E-state index in [9.17, 15) is 0 Å². The summed E-state index contributed by atoms with van der Waals surface area (Å²) in [7, 11) is 0. The van der Waals surface area contributed by atoms with Crippen LogP contribution in [0.2, 0.25) is 0 Å². The number of anilines is 3. The zero-order valence-electron chi connectivity index (χ0n) is 31.8. The fraction of sp³-hybridized carbons (Fsp3) is 0. The lowest BCUT2D eigenvalue weighted by molar-refractivity contribution is 1.18. The van der Waals surface area contributed by atoms with Gasteiger partial charge in [0.1, 0.15) is 0 Å². The van der Waals surface area contributed by atoms with E-state index in [2.05, 4.69) is 240 Å². The van der Waals surface area contributed by atoms with Crippen LogP contribution in [0.1, 0.15) is 0 Å². The number of para-hydroxylation sites is 3. The zero-order chi connectivity index (χ0) is 38.4. The van der Waals surface area contributed by atoms with Crippen LogP contribution in [0.4, 0.5) is 17.1 Å². The summed E-state index contributed by atoms with van der Waals surface area (Å²) >= 11 is 0. The smallest absolute Gasteiger partial charge is 0.0541 e. The second kappa shape index (κ2) is 14.1. The highest BCUT2D eigenvalue weighted by Gasteiger charge is 2.21. The molecule has 1 heterocycles. The third-order valence-electron chi connectivity index (χ3n) is 11.6. The predicted molar refractivity (Wildman–Crippen MR) is 247 cm³/mol. The van der Waals surface area contributed by atoms with Crippen LogP contribution >= 0.6 is 0 Å². The molecule has 1 aromatic heterocycles. The fourth-order valence-electron chi connectivity index (χ4n) is 8.94. The second-order valence-corrected chi connectivity index (χ2v) is 14.9. The topological polar surface area (TPSA) is 8.17 Å². The lowest BCUT2D eigenvalue weighted by atomic mass is 9.92. The minimum absolute atomic E-state index is 1.09. The van der Waals surface area contributed by atoms with E-state index in [1.54, 1.807) is 0 Å². The summed E-state index contributed by atoms with van der Waals surface area (Å²) < 4.78 is 2.39. The van der Waals surface area contributed by atoms with Crippen molar-refractivity contribution in [1.29, 1.82) is 0 Å². The largest absolute Gasteiger partial charge is 0.309 e. The van der Waals surface area contributed by atoms with E-state index >= 15 is 0 Å². The van der Waals surface area contributed by atoms with Gasteiger partial charge < -0.3 is 9.47 Å². The van der Waals surface area contributed by atoms with Gasteiger partial charge >= 0.3 is 0 Å². The molecule has 0 saturated carbocycles. The average molecular weight is 739 g/mol. The molecule has 0 atom stereocenters. The van der Waals surface area contributed by atoms with Crippen molar-refractivity contribution in [2.24, 2.45) is 0 Å². The van der Waals surface area contributed by atoms with Gasteiger partial charge in [-0.05, 0) is 92.5 Å². The maximum absolute atomic E-state index is 2.44. The SMILES string of the molecule is c1ccc(-c2ccccc2N(c2ccc(-c3cccc(-n4c5ccccc5c5ccccc54)c3)cc2)c2ccc(-c3cccc4ccccc34)c3ccccc23)cc1. The molecule has 272 valence electrons. The van der Waals surface area contributed by atoms with Crippen molar-refractivity contribution in [3.8, 4) is 39.1 Å². The normalized spacial score (nSPS) is 11.4. The van der Waals surface area contributed by atoms with Gasteiger partial charge in [0.15, 0.2) is 0 Å². The minimum Gasteiger partial charge on any atom is -0.309 e. The number of rotatable bonds is 7. The Kier molecular flexibility index (Phi) is 8.19. The Morgan fingerprint density at radius 3 is 1.62 bits per heavy atom. The summed E-state index contributed by atoms with van der Waals surface area (Å²) in [6.45, 7) is 0. The van der Waals surface area contributed by atoms with Crippen LogP contribution in [-0.4, -0.2) is 4.57 Å². The Labute approximate surface area is 338 Å². The molecule has 2 heteroatoms. The number of hydrogen-bond donors (Lipinski definition) is 0. The highest BCUT2D eigenvalue weighted by molar-refractivity contribution is 6.11. The van der Waals surface area contributed by atoms with Crippen molar-refractivity contribution in [2.45, 2.75) is 0 Å². The minimum atomic E-state index is 1.09. The van der Waals surface area contributed by atoms with Crippen molar-refractivity contribution in [1.82, 2.24) is 4.57 Å². The second-order valence-electron chi connectivity index (χ2n) is 14.9. The molecular weight excluding hydrogens is 701 g/mol. The molecule has 2 nitrogen and oxygen atoms in total. The van der Waals surface area contributed by atoms with Crippen LogP contribution in [0.5, 0.6) is 0 Å². The molecular formula is C56H38N2. The molecule has 0 spiro atoms. The molecule has 0 saturated heterocycles. The summed E-state index contributed by atoms with van der Waals surface area (Å²) in [6, 6.07) is 83.7. The average Bonchev–Trinajstić information content (AvgIpc) is 3.64.